The molecule has 9 nitrogen and oxygen atoms in total. The lowest BCUT2D eigenvalue weighted by atomic mass is 9.43. The third-order valence-electron chi connectivity index (χ3n) is 7.94. The fraction of sp³-hybridized carbons (Fsp3) is 0.414. The van der Waals surface area contributed by atoms with Crippen molar-refractivity contribution in [3.05, 3.63) is 53.3 Å². The highest BCUT2D eigenvalue weighted by atomic mass is 19.4. The Labute approximate surface area is 235 Å². The molecule has 3 N–H and O–H groups in total. The topological polar surface area (TPSA) is 101 Å². The highest BCUT2D eigenvalue weighted by Gasteiger charge is 2.69. The molecule has 0 saturated heterocycles. The van der Waals surface area contributed by atoms with Crippen molar-refractivity contribution in [3.8, 4) is 17.6 Å². The minimum absolute atomic E-state index is 0.114. The number of carbonyl (C=O) groups is 2. The molecule has 3 aromatic rings. The number of rotatable bonds is 8. The van der Waals surface area contributed by atoms with Gasteiger partial charge in [0.15, 0.2) is 0 Å². The van der Waals surface area contributed by atoms with Gasteiger partial charge in [-0.15, -0.1) is 0 Å². The van der Waals surface area contributed by atoms with Crippen LogP contribution >= 0.6 is 0 Å². The molecular weight excluding hydrogens is 537 g/mol. The van der Waals surface area contributed by atoms with Crippen LogP contribution in [-0.2, 0) is 6.54 Å². The number of halogens is 3. The first kappa shape index (κ1) is 28.3. The van der Waals surface area contributed by atoms with E-state index in [4.69, 9.17) is 4.74 Å². The monoisotopic (exact) mass is 568 g/mol. The molecule has 216 valence electrons. The van der Waals surface area contributed by atoms with Gasteiger partial charge in [-0.3, -0.25) is 9.59 Å². The molecule has 6 rings (SSSR count). The lowest BCUT2D eigenvalue weighted by Crippen LogP contribution is -2.82. The molecule has 0 unspecified atom stereocenters. The molecule has 41 heavy (non-hydrogen) atoms. The molecule has 3 fully saturated rings. The van der Waals surface area contributed by atoms with Crippen LogP contribution in [0.2, 0.25) is 0 Å². The number of hydrogen-bond donors (Lipinski definition) is 3. The number of aromatic nitrogens is 2. The number of fused-ring (bicyclic) bond motifs is 1. The van der Waals surface area contributed by atoms with Gasteiger partial charge in [0.2, 0.25) is 0 Å². The van der Waals surface area contributed by atoms with E-state index in [2.05, 4.69) is 37.7 Å². The molecule has 3 aliphatic carbocycles. The zero-order valence-electron chi connectivity index (χ0n) is 23.2. The first-order valence-electron chi connectivity index (χ1n) is 13.1. The number of anilines is 1. The van der Waals surface area contributed by atoms with Gasteiger partial charge >= 0.3 is 6.18 Å². The Hall–Kier alpha value is -4.24. The minimum atomic E-state index is -4.46. The molecule has 2 amide bonds. The van der Waals surface area contributed by atoms with Gasteiger partial charge in [-0.05, 0) is 63.7 Å². The predicted octanol–water partition coefficient (Wildman–Crippen LogP) is 3.40. The molecule has 0 atom stereocenters. The van der Waals surface area contributed by atoms with Crippen LogP contribution in [0.5, 0.6) is 5.75 Å². The number of ether oxygens (including phenoxy) is 1. The number of benzene rings is 2. The summed E-state index contributed by atoms with van der Waals surface area (Å²) in [6.45, 7) is -1.06. The summed E-state index contributed by atoms with van der Waals surface area (Å²) in [5.74, 6) is 5.74. The van der Waals surface area contributed by atoms with Crippen LogP contribution in [0.1, 0.15) is 45.5 Å². The minimum Gasteiger partial charge on any atom is -0.495 e. The van der Waals surface area contributed by atoms with Gasteiger partial charge in [0.05, 0.1) is 36.7 Å². The lowest BCUT2D eigenvalue weighted by molar-refractivity contribution is -0.156. The number of amides is 2. The fourth-order valence-electron chi connectivity index (χ4n) is 5.79. The predicted molar refractivity (Wildman–Crippen MR) is 148 cm³/mol. The second kappa shape index (κ2) is 10.3. The average Bonchev–Trinajstić information content (AvgIpc) is 3.27. The average molecular weight is 569 g/mol. The van der Waals surface area contributed by atoms with Crippen molar-refractivity contribution in [3.63, 3.8) is 0 Å². The van der Waals surface area contributed by atoms with Crippen LogP contribution < -0.4 is 20.7 Å². The van der Waals surface area contributed by atoms with Crippen molar-refractivity contribution in [2.24, 2.45) is 0 Å². The largest absolute Gasteiger partial charge is 0.495 e. The maximum atomic E-state index is 13.4. The highest BCUT2D eigenvalue weighted by Crippen LogP contribution is 2.62. The van der Waals surface area contributed by atoms with Crippen molar-refractivity contribution in [1.82, 2.24) is 25.1 Å². The first-order valence-corrected chi connectivity index (χ1v) is 13.1. The molecule has 2 bridgehead atoms. The Morgan fingerprint density at radius 2 is 1.88 bits per heavy atom. The molecule has 1 aromatic heterocycles. The van der Waals surface area contributed by atoms with E-state index in [9.17, 15) is 22.8 Å². The van der Waals surface area contributed by atoms with E-state index < -0.39 is 12.7 Å². The van der Waals surface area contributed by atoms with E-state index in [1.807, 2.05) is 14.1 Å². The molecule has 1 heterocycles. The summed E-state index contributed by atoms with van der Waals surface area (Å²) in [4.78, 5) is 31.6. The summed E-state index contributed by atoms with van der Waals surface area (Å²) in [5.41, 5.74) is 1.83. The van der Waals surface area contributed by atoms with E-state index in [1.165, 1.54) is 20.2 Å². The maximum Gasteiger partial charge on any atom is 0.406 e. The molecule has 3 saturated carbocycles. The van der Waals surface area contributed by atoms with Crippen LogP contribution in [0.3, 0.4) is 0 Å². The second-order valence-electron chi connectivity index (χ2n) is 10.9. The van der Waals surface area contributed by atoms with Gasteiger partial charge in [-0.1, -0.05) is 11.8 Å². The fourth-order valence-corrected chi connectivity index (χ4v) is 5.79. The number of alkyl halides is 3. The summed E-state index contributed by atoms with van der Waals surface area (Å²) in [7, 11) is 7.07. The Morgan fingerprint density at radius 3 is 2.51 bits per heavy atom. The Balaban J connectivity index is 1.38. The van der Waals surface area contributed by atoms with Gasteiger partial charge in [0, 0.05) is 29.3 Å². The summed E-state index contributed by atoms with van der Waals surface area (Å²) < 4.78 is 46.1. The van der Waals surface area contributed by atoms with Crippen molar-refractivity contribution < 1.29 is 27.5 Å². The van der Waals surface area contributed by atoms with Crippen molar-refractivity contribution in [2.45, 2.75) is 43.1 Å². The summed E-state index contributed by atoms with van der Waals surface area (Å²) in [6.07, 6.45) is -0.847. The highest BCUT2D eigenvalue weighted by molar-refractivity contribution is 6.06. The molecule has 12 heteroatoms. The van der Waals surface area contributed by atoms with Gasteiger partial charge in [-0.25, -0.2) is 4.98 Å². The zero-order chi connectivity index (χ0) is 29.6. The van der Waals surface area contributed by atoms with Crippen LogP contribution in [0, 0.1) is 11.8 Å². The zero-order valence-corrected chi connectivity index (χ0v) is 23.2. The van der Waals surface area contributed by atoms with Crippen LogP contribution in [0.25, 0.3) is 11.0 Å². The molecular formula is C29H31F3N6O3. The van der Waals surface area contributed by atoms with E-state index in [-0.39, 0.29) is 46.0 Å². The summed E-state index contributed by atoms with van der Waals surface area (Å²) in [6, 6.07) is 8.02. The SMILES string of the molecule is CNC(=O)c1ccc(NCC#Cc2cc(C(=O)NC34CC(N(C)C)(C3)C4)c3ncn(CC(F)(F)F)c3c2)c(OC)c1. The molecule has 0 aliphatic heterocycles. The summed E-state index contributed by atoms with van der Waals surface area (Å²) in [5, 5.41) is 8.78. The van der Waals surface area contributed by atoms with Crippen LogP contribution in [-0.4, -0.2) is 78.3 Å². The smallest absolute Gasteiger partial charge is 0.406 e. The Kier molecular flexibility index (Phi) is 7.11. The number of methoxy groups -OCH3 is 1. The standard InChI is InChI=1S/C29H31F3N6O3/c1-33-25(39)19-7-8-21(23(12-19)41-4)34-9-5-6-18-10-20(24-22(11-18)38(17-35-24)16-29(30,31)32)26(40)36-27-13-28(14-27,15-27)37(2)3/h7-8,10-12,17,34H,9,13-16H2,1-4H3,(H,33,39)(H,36,40). The van der Waals surface area contributed by atoms with E-state index in [1.54, 1.807) is 24.3 Å². The van der Waals surface area contributed by atoms with Crippen LogP contribution in [0.4, 0.5) is 18.9 Å². The molecule has 0 radical (unpaired) electrons. The first-order chi connectivity index (χ1) is 19.4. The van der Waals surface area contributed by atoms with E-state index >= 15 is 0 Å². The quantitative estimate of drug-likeness (QED) is 0.361. The Morgan fingerprint density at radius 1 is 1.15 bits per heavy atom. The summed E-state index contributed by atoms with van der Waals surface area (Å²) >= 11 is 0. The normalized spacial score (nSPS) is 20.9. The van der Waals surface area contributed by atoms with Gasteiger partial charge in [0.25, 0.3) is 11.8 Å². The molecule has 2 aromatic carbocycles. The third-order valence-corrected chi connectivity index (χ3v) is 7.94. The number of hydrogen-bond acceptors (Lipinski definition) is 6. The van der Waals surface area contributed by atoms with Gasteiger partial charge < -0.3 is 30.2 Å². The third kappa shape index (κ3) is 5.41. The van der Waals surface area contributed by atoms with Crippen molar-refractivity contribution >= 4 is 28.5 Å². The number of nitrogens with zero attached hydrogens (tertiary/aromatic N) is 3. The number of imidazole rings is 1. The number of carbonyl (C=O) groups excluding carboxylic acids is 2. The van der Waals surface area contributed by atoms with E-state index in [0.29, 0.717) is 22.6 Å². The van der Waals surface area contributed by atoms with Crippen LogP contribution in [0.15, 0.2) is 36.7 Å². The lowest BCUT2D eigenvalue weighted by Gasteiger charge is -2.73. The second-order valence-corrected chi connectivity index (χ2v) is 10.9. The van der Waals surface area contributed by atoms with Crippen molar-refractivity contribution in [2.75, 3.05) is 40.1 Å². The molecule has 0 spiro atoms. The number of nitrogens with one attached hydrogen (secondary N) is 3. The van der Waals surface area contributed by atoms with Crippen molar-refractivity contribution in [1.29, 1.82) is 0 Å². The van der Waals surface area contributed by atoms with Gasteiger partial charge in [-0.2, -0.15) is 13.2 Å². The van der Waals surface area contributed by atoms with E-state index in [0.717, 1.165) is 30.2 Å². The maximum absolute atomic E-state index is 13.4. The van der Waals surface area contributed by atoms with Gasteiger partial charge in [0.1, 0.15) is 17.8 Å². The molecule has 3 aliphatic rings. The Bertz CT molecular complexity index is 1560.